The fourth-order valence-corrected chi connectivity index (χ4v) is 4.44. The SMILES string of the molecule is CC(C)(C)C(=O)Oc1ccc2c(c1)Oc1cc(OC(=O)C(C)(C)C)ccc1C21OC(=O)c2cc([N+](=O)[O-])ccc21. The van der Waals surface area contributed by atoms with Gasteiger partial charge in [-0.3, -0.25) is 19.7 Å². The van der Waals surface area contributed by atoms with Crippen LogP contribution in [0.25, 0.3) is 0 Å². The van der Waals surface area contributed by atoms with Crippen molar-refractivity contribution in [1.82, 2.24) is 0 Å². The molecule has 0 radical (unpaired) electrons. The number of ether oxygens (including phenoxy) is 4. The van der Waals surface area contributed by atoms with E-state index in [-0.39, 0.29) is 34.2 Å². The van der Waals surface area contributed by atoms with Crippen LogP contribution in [0.2, 0.25) is 0 Å². The lowest BCUT2D eigenvalue weighted by Crippen LogP contribution is -2.33. The zero-order valence-electron chi connectivity index (χ0n) is 22.8. The molecule has 0 fully saturated rings. The van der Waals surface area contributed by atoms with E-state index in [9.17, 15) is 24.5 Å². The van der Waals surface area contributed by atoms with Crippen LogP contribution in [-0.4, -0.2) is 22.8 Å². The van der Waals surface area contributed by atoms with Crippen molar-refractivity contribution in [2.45, 2.75) is 47.1 Å². The molecule has 5 rings (SSSR count). The van der Waals surface area contributed by atoms with Gasteiger partial charge in [-0.1, -0.05) is 0 Å². The van der Waals surface area contributed by atoms with Gasteiger partial charge in [0.2, 0.25) is 0 Å². The summed E-state index contributed by atoms with van der Waals surface area (Å²) in [7, 11) is 0. The third kappa shape index (κ3) is 4.35. The zero-order chi connectivity index (χ0) is 29.2. The van der Waals surface area contributed by atoms with Gasteiger partial charge in [-0.25, -0.2) is 4.79 Å². The number of esters is 3. The average Bonchev–Trinajstić information content (AvgIpc) is 3.14. The fraction of sp³-hybridized carbons (Fsp3) is 0.300. The Morgan fingerprint density at radius 3 is 1.70 bits per heavy atom. The monoisotopic (exact) mass is 545 g/mol. The molecular weight excluding hydrogens is 518 g/mol. The molecule has 2 aliphatic rings. The fourth-order valence-electron chi connectivity index (χ4n) is 4.44. The van der Waals surface area contributed by atoms with E-state index >= 15 is 0 Å². The molecule has 10 nitrogen and oxygen atoms in total. The number of nitro benzene ring substituents is 1. The van der Waals surface area contributed by atoms with Crippen molar-refractivity contribution in [2.24, 2.45) is 10.8 Å². The Morgan fingerprint density at radius 1 is 0.775 bits per heavy atom. The van der Waals surface area contributed by atoms with E-state index in [0.29, 0.717) is 16.7 Å². The van der Waals surface area contributed by atoms with E-state index in [2.05, 4.69) is 0 Å². The van der Waals surface area contributed by atoms with E-state index in [1.165, 1.54) is 30.3 Å². The molecule has 0 amide bonds. The molecule has 2 heterocycles. The van der Waals surface area contributed by atoms with Gasteiger partial charge in [0.1, 0.15) is 23.0 Å². The third-order valence-corrected chi connectivity index (χ3v) is 6.59. The molecule has 2 aliphatic heterocycles. The van der Waals surface area contributed by atoms with E-state index in [1.54, 1.807) is 65.8 Å². The Morgan fingerprint density at radius 2 is 1.25 bits per heavy atom. The second-order valence-corrected chi connectivity index (χ2v) is 11.8. The highest BCUT2D eigenvalue weighted by atomic mass is 16.6. The number of non-ortho nitro benzene ring substituents is 1. The summed E-state index contributed by atoms with van der Waals surface area (Å²) in [6.07, 6.45) is 0. The summed E-state index contributed by atoms with van der Waals surface area (Å²) in [5, 5.41) is 11.4. The number of fused-ring (bicyclic) bond motifs is 6. The standard InChI is InChI=1S/C30H27NO9/c1-28(2,3)26(33)37-17-8-11-21-23(14-17)39-24-15-18(38-27(34)29(4,5)6)9-12-22(24)30(21)20-10-7-16(31(35)36)13-19(20)25(32)40-30/h7-15H,1-6H3. The minimum Gasteiger partial charge on any atom is -0.456 e. The Bertz CT molecular complexity index is 1530. The smallest absolute Gasteiger partial charge is 0.340 e. The normalized spacial score (nSPS) is 14.8. The molecular formula is C30H27NO9. The highest BCUT2D eigenvalue weighted by Gasteiger charge is 2.54. The van der Waals surface area contributed by atoms with Crippen molar-refractivity contribution in [3.05, 3.63) is 87.0 Å². The van der Waals surface area contributed by atoms with Crippen molar-refractivity contribution in [3.8, 4) is 23.0 Å². The summed E-state index contributed by atoms with van der Waals surface area (Å²) in [5.41, 5.74) is -2.02. The van der Waals surface area contributed by atoms with Gasteiger partial charge in [-0.2, -0.15) is 0 Å². The summed E-state index contributed by atoms with van der Waals surface area (Å²) in [6.45, 7) is 10.4. The van der Waals surface area contributed by atoms with E-state index in [4.69, 9.17) is 18.9 Å². The molecule has 10 heteroatoms. The predicted octanol–water partition coefficient (Wildman–Crippen LogP) is 6.07. The number of nitro groups is 1. The van der Waals surface area contributed by atoms with Gasteiger partial charge in [-0.05, 0) is 71.9 Å². The van der Waals surface area contributed by atoms with Gasteiger partial charge >= 0.3 is 17.9 Å². The van der Waals surface area contributed by atoms with Crippen molar-refractivity contribution >= 4 is 23.6 Å². The first-order valence-electron chi connectivity index (χ1n) is 12.5. The molecule has 40 heavy (non-hydrogen) atoms. The number of nitrogens with zero attached hydrogens (tertiary/aromatic N) is 1. The van der Waals surface area contributed by atoms with Crippen LogP contribution in [0.4, 0.5) is 5.69 Å². The molecule has 3 aromatic carbocycles. The lowest BCUT2D eigenvalue weighted by molar-refractivity contribution is -0.384. The predicted molar refractivity (Wildman–Crippen MR) is 142 cm³/mol. The molecule has 0 aromatic heterocycles. The molecule has 0 bridgehead atoms. The summed E-state index contributed by atoms with van der Waals surface area (Å²) in [6, 6.07) is 13.4. The number of rotatable bonds is 3. The lowest BCUT2D eigenvalue weighted by atomic mass is 9.77. The summed E-state index contributed by atoms with van der Waals surface area (Å²) < 4.78 is 23.4. The Hall–Kier alpha value is -4.73. The highest BCUT2D eigenvalue weighted by molar-refractivity contribution is 5.97. The summed E-state index contributed by atoms with van der Waals surface area (Å²) in [5.74, 6) is -0.792. The van der Waals surface area contributed by atoms with E-state index < -0.39 is 39.3 Å². The number of hydrogen-bond acceptors (Lipinski definition) is 9. The minimum atomic E-state index is -1.52. The molecule has 0 aliphatic carbocycles. The molecule has 0 N–H and O–H groups in total. The van der Waals surface area contributed by atoms with Gasteiger partial charge < -0.3 is 18.9 Å². The van der Waals surface area contributed by atoms with Crippen LogP contribution in [0.5, 0.6) is 23.0 Å². The average molecular weight is 546 g/mol. The molecule has 0 saturated heterocycles. The van der Waals surface area contributed by atoms with Gasteiger partial charge in [0, 0.05) is 41.0 Å². The second kappa shape index (κ2) is 8.90. The summed E-state index contributed by atoms with van der Waals surface area (Å²) in [4.78, 5) is 49.1. The number of carbonyl (C=O) groups excluding carboxylic acids is 3. The first kappa shape index (κ1) is 26.9. The first-order chi connectivity index (χ1) is 18.6. The van der Waals surface area contributed by atoms with Crippen molar-refractivity contribution in [1.29, 1.82) is 0 Å². The van der Waals surface area contributed by atoms with Gasteiger partial charge in [0.05, 0.1) is 21.3 Å². The van der Waals surface area contributed by atoms with Gasteiger partial charge in [0.15, 0.2) is 5.60 Å². The van der Waals surface area contributed by atoms with Gasteiger partial charge in [-0.15, -0.1) is 0 Å². The highest BCUT2D eigenvalue weighted by Crippen LogP contribution is 2.57. The Balaban J connectivity index is 1.69. The Kier molecular flexibility index (Phi) is 5.98. The quantitative estimate of drug-likeness (QED) is 0.167. The second-order valence-electron chi connectivity index (χ2n) is 11.8. The van der Waals surface area contributed by atoms with Gasteiger partial charge in [0.25, 0.3) is 5.69 Å². The van der Waals surface area contributed by atoms with Crippen LogP contribution in [0.3, 0.4) is 0 Å². The minimum absolute atomic E-state index is 0.0412. The van der Waals surface area contributed by atoms with Crippen LogP contribution in [0.1, 0.15) is 68.6 Å². The molecule has 206 valence electrons. The topological polar surface area (TPSA) is 131 Å². The van der Waals surface area contributed by atoms with Crippen LogP contribution >= 0.6 is 0 Å². The van der Waals surface area contributed by atoms with Crippen LogP contribution in [-0.2, 0) is 19.9 Å². The third-order valence-electron chi connectivity index (χ3n) is 6.59. The molecule has 1 spiro atoms. The van der Waals surface area contributed by atoms with E-state index in [1.807, 2.05) is 0 Å². The largest absolute Gasteiger partial charge is 0.456 e. The first-order valence-corrected chi connectivity index (χ1v) is 12.5. The number of carbonyl (C=O) groups is 3. The van der Waals surface area contributed by atoms with Crippen molar-refractivity contribution < 1.29 is 38.3 Å². The maximum absolute atomic E-state index is 13.2. The van der Waals surface area contributed by atoms with E-state index in [0.717, 1.165) is 0 Å². The van der Waals surface area contributed by atoms with Crippen molar-refractivity contribution in [2.75, 3.05) is 0 Å². The Labute approximate surface area is 230 Å². The molecule has 0 unspecified atom stereocenters. The molecule has 0 saturated carbocycles. The van der Waals surface area contributed by atoms with Crippen LogP contribution in [0.15, 0.2) is 54.6 Å². The molecule has 3 aromatic rings. The zero-order valence-corrected chi connectivity index (χ0v) is 22.8. The summed E-state index contributed by atoms with van der Waals surface area (Å²) >= 11 is 0. The number of hydrogen-bond donors (Lipinski definition) is 0. The lowest BCUT2D eigenvalue weighted by Gasteiger charge is -2.36. The number of benzene rings is 3. The maximum atomic E-state index is 13.2. The van der Waals surface area contributed by atoms with Crippen LogP contribution in [0, 0.1) is 20.9 Å². The van der Waals surface area contributed by atoms with Crippen molar-refractivity contribution in [3.63, 3.8) is 0 Å². The molecule has 0 atom stereocenters. The van der Waals surface area contributed by atoms with Crippen LogP contribution < -0.4 is 14.2 Å². The maximum Gasteiger partial charge on any atom is 0.340 e.